The summed E-state index contributed by atoms with van der Waals surface area (Å²) in [7, 11) is 4.01. The highest BCUT2D eigenvalue weighted by Gasteiger charge is 2.33. The minimum Gasteiger partial charge on any atom is -0.391 e. The van der Waals surface area contributed by atoms with Crippen LogP contribution in [0.4, 0.5) is 0 Å². The van der Waals surface area contributed by atoms with Crippen molar-refractivity contribution in [1.82, 2.24) is 9.88 Å². The maximum absolute atomic E-state index is 10.3. The zero-order valence-electron chi connectivity index (χ0n) is 10.6. The number of aliphatic hydroxyl groups is 1. The number of aliphatic hydroxyl groups excluding tert-OH is 1. The molecule has 2 atom stereocenters. The molecule has 1 heterocycles. The maximum atomic E-state index is 10.3. The molecule has 1 aromatic heterocycles. The number of pyridine rings is 1. The molecule has 0 saturated heterocycles. The lowest BCUT2D eigenvalue weighted by Gasteiger charge is -2.39. The van der Waals surface area contributed by atoms with Crippen LogP contribution in [0.25, 0.3) is 0 Å². The minimum atomic E-state index is -0.401. The first kappa shape index (κ1) is 13.1. The van der Waals surface area contributed by atoms with Crippen molar-refractivity contribution in [3.05, 3.63) is 30.1 Å². The number of hydrogen-bond acceptors (Lipinski definition) is 3. The van der Waals surface area contributed by atoms with Crippen molar-refractivity contribution in [2.45, 2.75) is 38.3 Å². The van der Waals surface area contributed by atoms with Gasteiger partial charge in [-0.15, -0.1) is 0 Å². The topological polar surface area (TPSA) is 36.4 Å². The van der Waals surface area contributed by atoms with Gasteiger partial charge in [0.25, 0.3) is 0 Å². The fourth-order valence-electron chi connectivity index (χ4n) is 1.79. The molecule has 0 spiro atoms. The molecule has 1 N–H and O–H groups in total. The highest BCUT2D eigenvalue weighted by atomic mass is 16.3. The van der Waals surface area contributed by atoms with Gasteiger partial charge in [-0.25, -0.2) is 0 Å². The number of nitrogens with zero attached hydrogens (tertiary/aromatic N) is 2. The molecule has 1 aromatic rings. The second-order valence-corrected chi connectivity index (χ2v) is 4.65. The first-order valence-electron chi connectivity index (χ1n) is 5.76. The number of aromatic nitrogens is 1. The summed E-state index contributed by atoms with van der Waals surface area (Å²) in [4.78, 5) is 6.33. The zero-order valence-corrected chi connectivity index (χ0v) is 10.6. The van der Waals surface area contributed by atoms with Crippen LogP contribution in [0.5, 0.6) is 0 Å². The molecule has 90 valence electrons. The van der Waals surface area contributed by atoms with Crippen LogP contribution in [-0.4, -0.2) is 40.7 Å². The largest absolute Gasteiger partial charge is 0.391 e. The Balaban J connectivity index is 2.74. The van der Waals surface area contributed by atoms with Gasteiger partial charge >= 0.3 is 0 Å². The predicted molar refractivity (Wildman–Crippen MR) is 66.3 cm³/mol. The number of likely N-dealkylation sites (N-methyl/N-ethyl adjacent to an activating group) is 1. The normalized spacial score (nSPS) is 17.1. The Bertz CT molecular complexity index is 313. The lowest BCUT2D eigenvalue weighted by molar-refractivity contribution is 0.00247. The first-order chi connectivity index (χ1) is 7.50. The second kappa shape index (κ2) is 5.41. The third-order valence-corrected chi connectivity index (χ3v) is 3.58. The molecule has 0 amide bonds. The van der Waals surface area contributed by atoms with Gasteiger partial charge in [0, 0.05) is 23.9 Å². The molecule has 0 fully saturated rings. The third kappa shape index (κ3) is 2.80. The van der Waals surface area contributed by atoms with Crippen molar-refractivity contribution >= 4 is 0 Å². The number of rotatable bonds is 5. The molecule has 2 unspecified atom stereocenters. The van der Waals surface area contributed by atoms with Crippen LogP contribution in [0.2, 0.25) is 0 Å². The summed E-state index contributed by atoms with van der Waals surface area (Å²) in [5.74, 6) is 0. The van der Waals surface area contributed by atoms with Crippen LogP contribution >= 0.6 is 0 Å². The molecule has 0 aliphatic rings. The fraction of sp³-hybridized carbons (Fsp3) is 0.615. The summed E-state index contributed by atoms with van der Waals surface area (Å²) in [6.07, 6.45) is 2.88. The summed E-state index contributed by atoms with van der Waals surface area (Å²) < 4.78 is 0. The average molecular weight is 222 g/mol. The summed E-state index contributed by atoms with van der Waals surface area (Å²) >= 11 is 0. The van der Waals surface area contributed by atoms with Crippen molar-refractivity contribution in [3.8, 4) is 0 Å². The highest BCUT2D eigenvalue weighted by molar-refractivity contribution is 5.07. The monoisotopic (exact) mass is 222 g/mol. The van der Waals surface area contributed by atoms with E-state index in [2.05, 4.69) is 23.7 Å². The van der Waals surface area contributed by atoms with E-state index >= 15 is 0 Å². The smallest absolute Gasteiger partial charge is 0.0776 e. The van der Waals surface area contributed by atoms with E-state index in [4.69, 9.17) is 0 Å². The lowest BCUT2D eigenvalue weighted by Crippen LogP contribution is -2.51. The van der Waals surface area contributed by atoms with Crippen LogP contribution in [-0.2, 0) is 6.42 Å². The molecule has 0 aliphatic carbocycles. The Kier molecular flexibility index (Phi) is 4.44. The van der Waals surface area contributed by atoms with E-state index in [-0.39, 0.29) is 5.54 Å². The standard InChI is InChI=1S/C13H22N2O/c1-5-13(2,15(3)4)12(16)10-11-8-6-7-9-14-11/h6-9,12,16H,5,10H2,1-4H3. The van der Waals surface area contributed by atoms with E-state index in [9.17, 15) is 5.11 Å². The first-order valence-corrected chi connectivity index (χ1v) is 5.76. The Morgan fingerprint density at radius 3 is 2.56 bits per heavy atom. The third-order valence-electron chi connectivity index (χ3n) is 3.58. The molecule has 0 aliphatic heterocycles. The van der Waals surface area contributed by atoms with Gasteiger partial charge in [-0.3, -0.25) is 4.98 Å². The molecule has 1 rings (SSSR count). The molecule has 0 radical (unpaired) electrons. The zero-order chi connectivity index (χ0) is 12.2. The summed E-state index contributed by atoms with van der Waals surface area (Å²) in [6.45, 7) is 4.18. The van der Waals surface area contributed by atoms with Gasteiger partial charge in [0.2, 0.25) is 0 Å². The SMILES string of the molecule is CCC(C)(C(O)Cc1ccccn1)N(C)C. The quantitative estimate of drug-likeness (QED) is 0.824. The Morgan fingerprint density at radius 1 is 1.44 bits per heavy atom. The average Bonchev–Trinajstić information content (AvgIpc) is 2.28. The van der Waals surface area contributed by atoms with Gasteiger partial charge in [-0.2, -0.15) is 0 Å². The molecular weight excluding hydrogens is 200 g/mol. The van der Waals surface area contributed by atoms with Crippen LogP contribution in [0.3, 0.4) is 0 Å². The molecule has 0 saturated carbocycles. The molecule has 16 heavy (non-hydrogen) atoms. The van der Waals surface area contributed by atoms with E-state index in [1.54, 1.807) is 6.20 Å². The van der Waals surface area contributed by atoms with E-state index in [1.807, 2.05) is 32.3 Å². The van der Waals surface area contributed by atoms with Crippen molar-refractivity contribution in [3.63, 3.8) is 0 Å². The van der Waals surface area contributed by atoms with E-state index in [1.165, 1.54) is 0 Å². The molecular formula is C13H22N2O. The maximum Gasteiger partial charge on any atom is 0.0776 e. The van der Waals surface area contributed by atoms with Crippen molar-refractivity contribution in [2.75, 3.05) is 14.1 Å². The van der Waals surface area contributed by atoms with Gasteiger partial charge in [0.1, 0.15) is 0 Å². The molecule has 0 bridgehead atoms. The van der Waals surface area contributed by atoms with Gasteiger partial charge in [-0.05, 0) is 39.6 Å². The Hall–Kier alpha value is -0.930. The van der Waals surface area contributed by atoms with Crippen LogP contribution in [0.15, 0.2) is 24.4 Å². The molecule has 3 nitrogen and oxygen atoms in total. The van der Waals surface area contributed by atoms with Crippen molar-refractivity contribution < 1.29 is 5.11 Å². The minimum absolute atomic E-state index is 0.197. The summed E-state index contributed by atoms with van der Waals surface area (Å²) in [5, 5.41) is 10.3. The van der Waals surface area contributed by atoms with Gasteiger partial charge < -0.3 is 10.0 Å². The second-order valence-electron chi connectivity index (χ2n) is 4.65. The van der Waals surface area contributed by atoms with E-state index in [0.717, 1.165) is 12.1 Å². The fourth-order valence-corrected chi connectivity index (χ4v) is 1.79. The predicted octanol–water partition coefficient (Wildman–Crippen LogP) is 1.72. The highest BCUT2D eigenvalue weighted by Crippen LogP contribution is 2.23. The van der Waals surface area contributed by atoms with Crippen LogP contribution in [0, 0.1) is 0 Å². The Morgan fingerprint density at radius 2 is 2.12 bits per heavy atom. The van der Waals surface area contributed by atoms with Crippen LogP contribution in [0.1, 0.15) is 26.0 Å². The van der Waals surface area contributed by atoms with Crippen molar-refractivity contribution in [1.29, 1.82) is 0 Å². The lowest BCUT2D eigenvalue weighted by atomic mass is 9.87. The summed E-state index contributed by atoms with van der Waals surface area (Å²) in [6, 6.07) is 5.80. The van der Waals surface area contributed by atoms with E-state index in [0.29, 0.717) is 6.42 Å². The van der Waals surface area contributed by atoms with Gasteiger partial charge in [0.05, 0.1) is 6.10 Å². The van der Waals surface area contributed by atoms with Gasteiger partial charge in [0.15, 0.2) is 0 Å². The summed E-state index contributed by atoms with van der Waals surface area (Å²) in [5.41, 5.74) is 0.744. The molecule has 3 heteroatoms. The molecule has 0 aromatic carbocycles. The van der Waals surface area contributed by atoms with E-state index < -0.39 is 6.10 Å². The van der Waals surface area contributed by atoms with Crippen LogP contribution < -0.4 is 0 Å². The van der Waals surface area contributed by atoms with Crippen molar-refractivity contribution in [2.24, 2.45) is 0 Å². The Labute approximate surface area is 98.1 Å². The van der Waals surface area contributed by atoms with Gasteiger partial charge in [-0.1, -0.05) is 13.0 Å². The number of hydrogen-bond donors (Lipinski definition) is 1.